The third-order valence-electron chi connectivity index (χ3n) is 2.05. The predicted molar refractivity (Wildman–Crippen MR) is 55.0 cm³/mol. The standard InChI is InChI=1S/C10H24N2/c1-6-10(5)12(11-7-2)8-9(3)4/h9-11H,6-8H2,1-5H3. The maximum atomic E-state index is 3.40. The van der Waals surface area contributed by atoms with Gasteiger partial charge in [0.05, 0.1) is 0 Å². The van der Waals surface area contributed by atoms with E-state index in [1.54, 1.807) is 0 Å². The fourth-order valence-electron chi connectivity index (χ4n) is 1.22. The van der Waals surface area contributed by atoms with Crippen LogP contribution in [0.4, 0.5) is 0 Å². The van der Waals surface area contributed by atoms with Gasteiger partial charge in [-0.15, -0.1) is 0 Å². The van der Waals surface area contributed by atoms with Crippen LogP contribution < -0.4 is 5.43 Å². The molecule has 2 nitrogen and oxygen atoms in total. The van der Waals surface area contributed by atoms with Crippen molar-refractivity contribution >= 4 is 0 Å². The van der Waals surface area contributed by atoms with Crippen LogP contribution in [0.1, 0.15) is 41.0 Å². The summed E-state index contributed by atoms with van der Waals surface area (Å²) in [5.74, 6) is 0.734. The van der Waals surface area contributed by atoms with Gasteiger partial charge >= 0.3 is 0 Å². The first-order valence-electron chi connectivity index (χ1n) is 5.11. The zero-order chi connectivity index (χ0) is 9.56. The Kier molecular flexibility index (Phi) is 6.39. The number of hydrogen-bond donors (Lipinski definition) is 1. The molecule has 0 fully saturated rings. The minimum atomic E-state index is 0.646. The zero-order valence-electron chi connectivity index (χ0n) is 9.22. The highest BCUT2D eigenvalue weighted by Crippen LogP contribution is 2.03. The molecule has 0 radical (unpaired) electrons. The van der Waals surface area contributed by atoms with Crippen molar-refractivity contribution in [3.05, 3.63) is 0 Å². The predicted octanol–water partition coefficient (Wildman–Crippen LogP) is 2.27. The van der Waals surface area contributed by atoms with Crippen LogP contribution in [0.5, 0.6) is 0 Å². The summed E-state index contributed by atoms with van der Waals surface area (Å²) in [5.41, 5.74) is 3.40. The van der Waals surface area contributed by atoms with Gasteiger partial charge in [0.25, 0.3) is 0 Å². The van der Waals surface area contributed by atoms with Crippen LogP contribution >= 0.6 is 0 Å². The number of hydrazine groups is 1. The van der Waals surface area contributed by atoms with E-state index in [2.05, 4.69) is 45.1 Å². The van der Waals surface area contributed by atoms with Gasteiger partial charge in [0.2, 0.25) is 0 Å². The molecular weight excluding hydrogens is 148 g/mol. The van der Waals surface area contributed by atoms with E-state index in [0.717, 1.165) is 19.0 Å². The van der Waals surface area contributed by atoms with E-state index in [0.29, 0.717) is 6.04 Å². The molecule has 74 valence electrons. The molecule has 12 heavy (non-hydrogen) atoms. The van der Waals surface area contributed by atoms with Crippen molar-refractivity contribution in [3.63, 3.8) is 0 Å². The molecule has 0 aliphatic heterocycles. The lowest BCUT2D eigenvalue weighted by Gasteiger charge is -2.30. The SMILES string of the molecule is CCNN(CC(C)C)C(C)CC. The lowest BCUT2D eigenvalue weighted by atomic mass is 10.2. The van der Waals surface area contributed by atoms with E-state index in [4.69, 9.17) is 0 Å². The summed E-state index contributed by atoms with van der Waals surface area (Å²) < 4.78 is 0. The third-order valence-corrected chi connectivity index (χ3v) is 2.05. The largest absolute Gasteiger partial charge is 0.255 e. The molecule has 0 bridgehead atoms. The number of rotatable bonds is 6. The molecule has 0 aromatic heterocycles. The summed E-state index contributed by atoms with van der Waals surface area (Å²) >= 11 is 0. The Labute approximate surface area is 77.3 Å². The maximum Gasteiger partial charge on any atom is 0.0212 e. The molecule has 0 amide bonds. The summed E-state index contributed by atoms with van der Waals surface area (Å²) in [5, 5.41) is 2.35. The Balaban J connectivity index is 3.84. The van der Waals surface area contributed by atoms with Crippen molar-refractivity contribution in [2.75, 3.05) is 13.1 Å². The molecule has 0 saturated heterocycles. The average Bonchev–Trinajstić information content (AvgIpc) is 2.01. The Hall–Kier alpha value is -0.0800. The van der Waals surface area contributed by atoms with Crippen molar-refractivity contribution < 1.29 is 0 Å². The molecule has 0 spiro atoms. The quantitative estimate of drug-likeness (QED) is 0.618. The van der Waals surface area contributed by atoms with Crippen LogP contribution in [0.25, 0.3) is 0 Å². The molecule has 0 saturated carbocycles. The molecule has 0 aliphatic rings. The van der Waals surface area contributed by atoms with E-state index in [9.17, 15) is 0 Å². The third kappa shape index (κ3) is 4.73. The lowest BCUT2D eigenvalue weighted by molar-refractivity contribution is 0.116. The lowest BCUT2D eigenvalue weighted by Crippen LogP contribution is -2.45. The van der Waals surface area contributed by atoms with Crippen LogP contribution in [-0.2, 0) is 0 Å². The molecule has 0 aromatic carbocycles. The van der Waals surface area contributed by atoms with Crippen molar-refractivity contribution in [3.8, 4) is 0 Å². The van der Waals surface area contributed by atoms with Gasteiger partial charge in [0.15, 0.2) is 0 Å². The Morgan fingerprint density at radius 2 is 1.75 bits per heavy atom. The van der Waals surface area contributed by atoms with Gasteiger partial charge < -0.3 is 0 Å². The summed E-state index contributed by atoms with van der Waals surface area (Å²) in [6, 6.07) is 0.646. The van der Waals surface area contributed by atoms with Gasteiger partial charge in [-0.25, -0.2) is 5.01 Å². The smallest absolute Gasteiger partial charge is 0.0212 e. The van der Waals surface area contributed by atoms with E-state index in [1.807, 2.05) is 0 Å². The topological polar surface area (TPSA) is 15.3 Å². The molecule has 2 heteroatoms. The van der Waals surface area contributed by atoms with Gasteiger partial charge in [-0.2, -0.15) is 0 Å². The van der Waals surface area contributed by atoms with Crippen molar-refractivity contribution in [2.24, 2.45) is 5.92 Å². The fourth-order valence-corrected chi connectivity index (χ4v) is 1.22. The summed E-state index contributed by atoms with van der Waals surface area (Å²) in [6.45, 7) is 13.3. The van der Waals surface area contributed by atoms with Crippen LogP contribution in [0, 0.1) is 5.92 Å². The number of nitrogens with zero attached hydrogens (tertiary/aromatic N) is 1. The molecule has 0 heterocycles. The highest BCUT2D eigenvalue weighted by Gasteiger charge is 2.11. The summed E-state index contributed by atoms with van der Waals surface area (Å²) in [6.07, 6.45) is 1.21. The van der Waals surface area contributed by atoms with Crippen LogP contribution in [0.2, 0.25) is 0 Å². The second-order valence-electron chi connectivity index (χ2n) is 3.82. The summed E-state index contributed by atoms with van der Waals surface area (Å²) in [4.78, 5) is 0. The van der Waals surface area contributed by atoms with Gasteiger partial charge in [0, 0.05) is 19.1 Å². The number of hydrogen-bond acceptors (Lipinski definition) is 2. The maximum absolute atomic E-state index is 3.40. The first-order valence-corrected chi connectivity index (χ1v) is 5.11. The monoisotopic (exact) mass is 172 g/mol. The molecule has 1 unspecified atom stereocenters. The molecule has 0 rings (SSSR count). The van der Waals surface area contributed by atoms with Crippen LogP contribution in [0.15, 0.2) is 0 Å². The van der Waals surface area contributed by atoms with Gasteiger partial charge in [-0.05, 0) is 19.3 Å². The molecule has 1 N–H and O–H groups in total. The van der Waals surface area contributed by atoms with E-state index < -0.39 is 0 Å². The highest BCUT2D eigenvalue weighted by atomic mass is 15.5. The van der Waals surface area contributed by atoms with Crippen molar-refractivity contribution in [2.45, 2.75) is 47.1 Å². The van der Waals surface area contributed by atoms with Crippen molar-refractivity contribution in [1.29, 1.82) is 0 Å². The first kappa shape index (κ1) is 11.9. The van der Waals surface area contributed by atoms with E-state index in [-0.39, 0.29) is 0 Å². The summed E-state index contributed by atoms with van der Waals surface area (Å²) in [7, 11) is 0. The number of nitrogens with one attached hydrogen (secondary N) is 1. The molecular formula is C10H24N2. The minimum absolute atomic E-state index is 0.646. The van der Waals surface area contributed by atoms with E-state index in [1.165, 1.54) is 6.42 Å². The fraction of sp³-hybridized carbons (Fsp3) is 1.00. The normalized spacial score (nSPS) is 14.2. The average molecular weight is 172 g/mol. The molecule has 0 aliphatic carbocycles. The Bertz CT molecular complexity index is 102. The van der Waals surface area contributed by atoms with Crippen LogP contribution in [0.3, 0.4) is 0 Å². The van der Waals surface area contributed by atoms with Crippen molar-refractivity contribution in [1.82, 2.24) is 10.4 Å². The molecule has 1 atom stereocenters. The Morgan fingerprint density at radius 1 is 1.17 bits per heavy atom. The van der Waals surface area contributed by atoms with Gasteiger partial charge in [0.1, 0.15) is 0 Å². The molecule has 0 aromatic rings. The second-order valence-corrected chi connectivity index (χ2v) is 3.82. The van der Waals surface area contributed by atoms with E-state index >= 15 is 0 Å². The Morgan fingerprint density at radius 3 is 2.08 bits per heavy atom. The minimum Gasteiger partial charge on any atom is -0.255 e. The zero-order valence-corrected chi connectivity index (χ0v) is 9.22. The first-order chi connectivity index (χ1) is 5.61. The van der Waals surface area contributed by atoms with Gasteiger partial charge in [-0.3, -0.25) is 5.43 Å². The highest BCUT2D eigenvalue weighted by molar-refractivity contribution is 4.62. The second kappa shape index (κ2) is 6.44. The van der Waals surface area contributed by atoms with Gasteiger partial charge in [-0.1, -0.05) is 27.7 Å². The van der Waals surface area contributed by atoms with Crippen LogP contribution in [-0.4, -0.2) is 24.1 Å².